The van der Waals surface area contributed by atoms with E-state index < -0.39 is 0 Å². The fraction of sp³-hybridized carbons (Fsp3) is 0.462. The molecule has 10 heteroatoms. The number of aromatic nitrogens is 3. The van der Waals surface area contributed by atoms with Crippen LogP contribution >= 0.6 is 57.3 Å². The Kier molecular flexibility index (Phi) is 4.09. The molecule has 2 aromatic rings. The maximum absolute atomic E-state index is 12.3. The third kappa shape index (κ3) is 2.50. The van der Waals surface area contributed by atoms with Crippen molar-refractivity contribution in [2.45, 2.75) is 13.0 Å². The van der Waals surface area contributed by atoms with Crippen molar-refractivity contribution >= 4 is 74.2 Å². The first-order valence-corrected chi connectivity index (χ1v) is 9.37. The number of hydrogen-bond donors (Lipinski definition) is 0. The Morgan fingerprint density at radius 3 is 2.87 bits per heavy atom. The van der Waals surface area contributed by atoms with Crippen LogP contribution in [0.1, 0.15) is 5.69 Å². The molecule has 7 nitrogen and oxygen atoms in total. The van der Waals surface area contributed by atoms with Gasteiger partial charge in [0.05, 0.1) is 34.6 Å². The first-order valence-electron chi connectivity index (χ1n) is 7.06. The van der Waals surface area contributed by atoms with Gasteiger partial charge in [0, 0.05) is 42.5 Å². The highest BCUT2D eigenvalue weighted by Crippen LogP contribution is 2.41. The van der Waals surface area contributed by atoms with Crippen LogP contribution in [0, 0.1) is 6.92 Å². The van der Waals surface area contributed by atoms with Gasteiger partial charge in [-0.25, -0.2) is 15.7 Å². The summed E-state index contributed by atoms with van der Waals surface area (Å²) in [5, 5.41) is 1.21. The lowest BCUT2D eigenvalue weighted by Gasteiger charge is -2.38. The highest BCUT2D eigenvalue weighted by Gasteiger charge is 2.34. The summed E-state index contributed by atoms with van der Waals surface area (Å²) >= 11 is 10.7. The lowest BCUT2D eigenvalue weighted by atomic mass is 10.2. The van der Waals surface area contributed by atoms with E-state index in [0.29, 0.717) is 34.5 Å². The summed E-state index contributed by atoms with van der Waals surface area (Å²) in [4.78, 5) is 23.2. The number of anilines is 1. The zero-order valence-corrected chi connectivity index (χ0v) is 17.2. The van der Waals surface area contributed by atoms with Crippen LogP contribution in [0.4, 0.5) is 5.82 Å². The van der Waals surface area contributed by atoms with Crippen LogP contribution in [0.5, 0.6) is 5.75 Å². The summed E-state index contributed by atoms with van der Waals surface area (Å²) in [5.41, 5.74) is 0.868. The maximum atomic E-state index is 12.3. The lowest BCUT2D eigenvalue weighted by molar-refractivity contribution is 0.253. The molecule has 0 spiro atoms. The van der Waals surface area contributed by atoms with Gasteiger partial charge in [-0.2, -0.15) is 4.98 Å². The van der Waals surface area contributed by atoms with Gasteiger partial charge in [0.15, 0.2) is 11.4 Å². The van der Waals surface area contributed by atoms with E-state index in [2.05, 4.69) is 40.8 Å². The zero-order chi connectivity index (χ0) is 16.3. The smallest absolute Gasteiger partial charge is 0.360 e. The standard InChI is InChI=1S/C13H12ClI2N5O2/c1-6-9(14)10-8-11(18-13(22)21(16)12(8)17-6)20-3-2-19(15)4-7(20)5-23-10/h7H,2-5H2,1H3. The van der Waals surface area contributed by atoms with Crippen molar-refractivity contribution in [3.63, 3.8) is 0 Å². The lowest BCUT2D eigenvalue weighted by Crippen LogP contribution is -2.53. The van der Waals surface area contributed by atoms with Crippen molar-refractivity contribution in [2.75, 3.05) is 31.1 Å². The number of rotatable bonds is 0. The zero-order valence-electron chi connectivity index (χ0n) is 12.1. The highest BCUT2D eigenvalue weighted by atomic mass is 127. The summed E-state index contributed by atoms with van der Waals surface area (Å²) in [6, 6.07) is 0.129. The molecule has 0 aliphatic carbocycles. The fourth-order valence-corrected chi connectivity index (χ4v) is 4.34. The van der Waals surface area contributed by atoms with Crippen LogP contribution in [0.3, 0.4) is 0 Å². The molecule has 1 fully saturated rings. The van der Waals surface area contributed by atoms with Gasteiger partial charge in [0.1, 0.15) is 22.8 Å². The number of aryl methyl sites for hydroxylation is 1. The third-order valence-electron chi connectivity index (χ3n) is 4.15. The molecule has 2 aliphatic rings. The van der Waals surface area contributed by atoms with Crippen LogP contribution in [0.2, 0.25) is 5.02 Å². The molecule has 1 atom stereocenters. The largest absolute Gasteiger partial charge is 0.489 e. The Balaban J connectivity index is 2.06. The predicted molar refractivity (Wildman–Crippen MR) is 105 cm³/mol. The summed E-state index contributed by atoms with van der Waals surface area (Å²) in [5.74, 6) is 1.21. The van der Waals surface area contributed by atoms with Crippen molar-refractivity contribution in [1.29, 1.82) is 0 Å². The van der Waals surface area contributed by atoms with E-state index in [4.69, 9.17) is 16.3 Å². The normalized spacial score (nSPS) is 21.0. The van der Waals surface area contributed by atoms with E-state index in [-0.39, 0.29) is 11.7 Å². The Hall–Kier alpha value is -0.400. The molecule has 2 aliphatic heterocycles. The molecule has 0 radical (unpaired) electrons. The van der Waals surface area contributed by atoms with E-state index in [9.17, 15) is 4.79 Å². The first kappa shape index (κ1) is 16.1. The molecule has 1 unspecified atom stereocenters. The predicted octanol–water partition coefficient (Wildman–Crippen LogP) is 2.18. The van der Waals surface area contributed by atoms with Gasteiger partial charge >= 0.3 is 5.69 Å². The molecule has 0 bridgehead atoms. The summed E-state index contributed by atoms with van der Waals surface area (Å²) in [6.07, 6.45) is 0. The second-order valence-electron chi connectivity index (χ2n) is 5.56. The topological polar surface area (TPSA) is 63.5 Å². The molecule has 122 valence electrons. The van der Waals surface area contributed by atoms with Gasteiger partial charge in [-0.05, 0) is 6.92 Å². The molecule has 4 heterocycles. The Morgan fingerprint density at radius 2 is 2.09 bits per heavy atom. The van der Waals surface area contributed by atoms with Crippen LogP contribution < -0.4 is 15.3 Å². The molecular weight excluding hydrogens is 547 g/mol. The minimum Gasteiger partial charge on any atom is -0.489 e. The van der Waals surface area contributed by atoms with Crippen molar-refractivity contribution in [2.24, 2.45) is 0 Å². The monoisotopic (exact) mass is 559 g/mol. The van der Waals surface area contributed by atoms with Crippen molar-refractivity contribution in [3.05, 3.63) is 21.2 Å². The number of ether oxygens (including phenoxy) is 1. The number of halogens is 3. The van der Waals surface area contributed by atoms with Crippen LogP contribution in [-0.2, 0) is 0 Å². The maximum Gasteiger partial charge on any atom is 0.360 e. The Bertz CT molecular complexity index is 874. The number of hydrogen-bond acceptors (Lipinski definition) is 6. The first-order chi connectivity index (χ1) is 11.0. The van der Waals surface area contributed by atoms with Gasteiger partial charge in [-0.1, -0.05) is 11.6 Å². The van der Waals surface area contributed by atoms with Crippen molar-refractivity contribution in [3.8, 4) is 5.75 Å². The molecule has 0 saturated carbocycles. The molecule has 0 N–H and O–H groups in total. The Morgan fingerprint density at radius 1 is 1.30 bits per heavy atom. The van der Waals surface area contributed by atoms with E-state index in [1.54, 1.807) is 0 Å². The number of fused-ring (bicyclic) bond motifs is 2. The molecule has 23 heavy (non-hydrogen) atoms. The second-order valence-corrected chi connectivity index (χ2v) is 8.27. The molecule has 0 amide bonds. The van der Waals surface area contributed by atoms with Gasteiger partial charge in [0.25, 0.3) is 0 Å². The summed E-state index contributed by atoms with van der Waals surface area (Å²) in [7, 11) is 0. The number of piperazine rings is 1. The molecule has 2 aromatic heterocycles. The van der Waals surface area contributed by atoms with Crippen molar-refractivity contribution in [1.82, 2.24) is 15.9 Å². The van der Waals surface area contributed by atoms with Crippen LogP contribution in [0.15, 0.2) is 4.79 Å². The van der Waals surface area contributed by atoms with Gasteiger partial charge in [-0.15, -0.1) is 0 Å². The van der Waals surface area contributed by atoms with Gasteiger partial charge in [0.2, 0.25) is 0 Å². The second kappa shape index (κ2) is 5.85. The fourth-order valence-electron chi connectivity index (χ4n) is 3.03. The average Bonchev–Trinajstić information content (AvgIpc) is 2.67. The van der Waals surface area contributed by atoms with E-state index in [1.807, 2.05) is 29.8 Å². The number of pyridine rings is 1. The molecular formula is C13H12ClI2N5O2. The SMILES string of the molecule is Cc1nc2c3c(nc(=O)n2I)N2CCN(I)CC2COc3c1Cl. The highest BCUT2D eigenvalue weighted by molar-refractivity contribution is 14.1. The minimum absolute atomic E-state index is 0.129. The molecule has 1 saturated heterocycles. The quantitative estimate of drug-likeness (QED) is 0.365. The molecule has 0 aromatic carbocycles. The summed E-state index contributed by atoms with van der Waals surface area (Å²) < 4.78 is 9.68. The average molecular weight is 560 g/mol. The Labute approximate surface area is 164 Å². The summed E-state index contributed by atoms with van der Waals surface area (Å²) in [6.45, 7) is 4.84. The van der Waals surface area contributed by atoms with Crippen LogP contribution in [0.25, 0.3) is 11.0 Å². The van der Waals surface area contributed by atoms with Gasteiger partial charge in [-0.3, -0.25) is 0 Å². The van der Waals surface area contributed by atoms with Gasteiger partial charge < -0.3 is 9.64 Å². The third-order valence-corrected chi connectivity index (χ3v) is 6.34. The van der Waals surface area contributed by atoms with E-state index >= 15 is 0 Å². The van der Waals surface area contributed by atoms with E-state index in [0.717, 1.165) is 25.0 Å². The molecule has 4 rings (SSSR count). The number of nitrogens with zero attached hydrogens (tertiary/aromatic N) is 5. The minimum atomic E-state index is -0.328. The van der Waals surface area contributed by atoms with E-state index in [1.165, 1.54) is 2.78 Å². The van der Waals surface area contributed by atoms with Crippen molar-refractivity contribution < 1.29 is 4.74 Å². The van der Waals surface area contributed by atoms with Crippen LogP contribution in [-0.4, -0.2) is 48.1 Å².